The molecule has 0 amide bonds. The van der Waals surface area contributed by atoms with Crippen molar-refractivity contribution in [3.63, 3.8) is 0 Å². The number of rotatable bonds is 6. The standard InChI is InChI=1S/C16H16N4O3S/c1-18(7-6-12-4-2-3-5-14(12)20(22)23)11-13-10-15(21)19-8-9-24-16(19)17-13/h2-5,8-10H,6-7,11H2,1H3. The Morgan fingerprint density at radius 2 is 2.17 bits per heavy atom. The molecule has 8 heteroatoms. The summed E-state index contributed by atoms with van der Waals surface area (Å²) in [5, 5.41) is 12.9. The zero-order valence-electron chi connectivity index (χ0n) is 13.1. The van der Waals surface area contributed by atoms with Gasteiger partial charge in [0, 0.05) is 42.4 Å². The Morgan fingerprint density at radius 1 is 1.38 bits per heavy atom. The Balaban J connectivity index is 1.68. The maximum absolute atomic E-state index is 12.0. The first kappa shape index (κ1) is 16.3. The molecule has 0 radical (unpaired) electrons. The summed E-state index contributed by atoms with van der Waals surface area (Å²) in [6, 6.07) is 8.28. The van der Waals surface area contributed by atoms with Crippen molar-refractivity contribution in [3.05, 3.63) is 73.6 Å². The van der Waals surface area contributed by atoms with Crippen molar-refractivity contribution in [2.24, 2.45) is 0 Å². The topological polar surface area (TPSA) is 80.8 Å². The Kier molecular flexibility index (Phi) is 4.68. The van der Waals surface area contributed by atoms with Crippen LogP contribution in [-0.4, -0.2) is 32.8 Å². The van der Waals surface area contributed by atoms with Gasteiger partial charge >= 0.3 is 0 Å². The Morgan fingerprint density at radius 3 is 2.96 bits per heavy atom. The van der Waals surface area contributed by atoms with Crippen LogP contribution in [0, 0.1) is 10.1 Å². The molecule has 0 N–H and O–H groups in total. The first-order valence-corrected chi connectivity index (χ1v) is 8.29. The van der Waals surface area contributed by atoms with Gasteiger partial charge in [0.2, 0.25) is 0 Å². The molecule has 124 valence electrons. The highest BCUT2D eigenvalue weighted by Crippen LogP contribution is 2.18. The number of para-hydroxylation sites is 1. The molecule has 7 nitrogen and oxygen atoms in total. The summed E-state index contributed by atoms with van der Waals surface area (Å²) in [6.45, 7) is 1.15. The minimum Gasteiger partial charge on any atom is -0.300 e. The van der Waals surface area contributed by atoms with Crippen molar-refractivity contribution < 1.29 is 4.92 Å². The third-order valence-electron chi connectivity index (χ3n) is 3.74. The van der Waals surface area contributed by atoms with Gasteiger partial charge in [0.1, 0.15) is 0 Å². The van der Waals surface area contributed by atoms with Gasteiger partial charge in [-0.3, -0.25) is 19.3 Å². The highest BCUT2D eigenvalue weighted by molar-refractivity contribution is 7.15. The summed E-state index contributed by atoms with van der Waals surface area (Å²) in [7, 11) is 1.91. The zero-order chi connectivity index (χ0) is 17.1. The van der Waals surface area contributed by atoms with Crippen molar-refractivity contribution in [1.29, 1.82) is 0 Å². The summed E-state index contributed by atoms with van der Waals surface area (Å²) >= 11 is 1.42. The van der Waals surface area contributed by atoms with E-state index in [0.29, 0.717) is 35.7 Å². The molecule has 2 heterocycles. The molecule has 0 bridgehead atoms. The lowest BCUT2D eigenvalue weighted by atomic mass is 10.1. The maximum Gasteiger partial charge on any atom is 0.272 e. The van der Waals surface area contributed by atoms with E-state index in [1.54, 1.807) is 24.4 Å². The summed E-state index contributed by atoms with van der Waals surface area (Å²) < 4.78 is 1.52. The number of thiazole rings is 1. The number of nitro benzene ring substituents is 1. The van der Waals surface area contributed by atoms with E-state index in [0.717, 1.165) is 0 Å². The van der Waals surface area contributed by atoms with Crippen LogP contribution in [0.4, 0.5) is 5.69 Å². The van der Waals surface area contributed by atoms with E-state index in [9.17, 15) is 14.9 Å². The van der Waals surface area contributed by atoms with Crippen LogP contribution in [0.5, 0.6) is 0 Å². The van der Waals surface area contributed by atoms with Crippen molar-refractivity contribution >= 4 is 22.0 Å². The van der Waals surface area contributed by atoms with Crippen LogP contribution in [0.1, 0.15) is 11.3 Å². The smallest absolute Gasteiger partial charge is 0.272 e. The van der Waals surface area contributed by atoms with Crippen molar-refractivity contribution in [1.82, 2.24) is 14.3 Å². The molecule has 0 aliphatic carbocycles. The van der Waals surface area contributed by atoms with E-state index >= 15 is 0 Å². The molecule has 24 heavy (non-hydrogen) atoms. The van der Waals surface area contributed by atoms with Crippen LogP contribution in [0.25, 0.3) is 4.96 Å². The number of benzene rings is 1. The molecule has 0 spiro atoms. The molecule has 2 aromatic heterocycles. The number of hydrogen-bond acceptors (Lipinski definition) is 6. The molecular weight excluding hydrogens is 328 g/mol. The molecule has 0 aliphatic rings. The number of nitrogens with zero attached hydrogens (tertiary/aromatic N) is 4. The van der Waals surface area contributed by atoms with Gasteiger partial charge in [-0.15, -0.1) is 11.3 Å². The predicted molar refractivity (Wildman–Crippen MR) is 92.5 cm³/mol. The van der Waals surface area contributed by atoms with Crippen molar-refractivity contribution in [2.75, 3.05) is 13.6 Å². The quantitative estimate of drug-likeness (QED) is 0.506. The van der Waals surface area contributed by atoms with Gasteiger partial charge in [0.25, 0.3) is 11.2 Å². The zero-order valence-corrected chi connectivity index (χ0v) is 13.9. The largest absolute Gasteiger partial charge is 0.300 e. The fourth-order valence-corrected chi connectivity index (χ4v) is 3.27. The third-order valence-corrected chi connectivity index (χ3v) is 4.50. The van der Waals surface area contributed by atoms with Crippen LogP contribution in [0.15, 0.2) is 46.7 Å². The second kappa shape index (κ2) is 6.90. The average molecular weight is 344 g/mol. The van der Waals surface area contributed by atoms with E-state index in [1.165, 1.54) is 27.9 Å². The van der Waals surface area contributed by atoms with Gasteiger partial charge in [-0.1, -0.05) is 18.2 Å². The lowest BCUT2D eigenvalue weighted by Gasteiger charge is -2.16. The van der Waals surface area contributed by atoms with Gasteiger partial charge in [0.05, 0.1) is 10.6 Å². The number of aromatic nitrogens is 2. The first-order valence-electron chi connectivity index (χ1n) is 7.41. The number of nitro groups is 1. The Labute approximate surface area is 142 Å². The van der Waals surface area contributed by atoms with Crippen molar-refractivity contribution in [3.8, 4) is 0 Å². The van der Waals surface area contributed by atoms with Gasteiger partial charge in [-0.2, -0.15) is 0 Å². The average Bonchev–Trinajstić information content (AvgIpc) is 3.02. The number of hydrogen-bond donors (Lipinski definition) is 0. The fourth-order valence-electron chi connectivity index (χ4n) is 2.54. The Hall–Kier alpha value is -2.58. The molecular formula is C16H16N4O3S. The monoisotopic (exact) mass is 344 g/mol. The van der Waals surface area contributed by atoms with Gasteiger partial charge in [-0.05, 0) is 13.5 Å². The van der Waals surface area contributed by atoms with Gasteiger partial charge in [-0.25, -0.2) is 4.98 Å². The SMILES string of the molecule is CN(CCc1ccccc1[N+](=O)[O-])Cc1cc(=O)n2ccsc2n1. The summed E-state index contributed by atoms with van der Waals surface area (Å²) in [4.78, 5) is 29.8. The fraction of sp³-hybridized carbons (Fsp3) is 0.250. The second-order valence-corrected chi connectivity index (χ2v) is 6.39. The molecule has 0 aliphatic heterocycles. The molecule has 0 atom stereocenters. The molecule has 0 fully saturated rings. The Bertz CT molecular complexity index is 934. The summed E-state index contributed by atoms with van der Waals surface area (Å²) in [5.74, 6) is 0. The molecule has 0 saturated carbocycles. The van der Waals surface area contributed by atoms with E-state index in [4.69, 9.17) is 0 Å². The van der Waals surface area contributed by atoms with Crippen LogP contribution < -0.4 is 5.56 Å². The minimum atomic E-state index is -0.359. The molecule has 1 aromatic carbocycles. The first-order chi connectivity index (χ1) is 11.5. The minimum absolute atomic E-state index is 0.0941. The molecule has 3 aromatic rings. The second-order valence-electron chi connectivity index (χ2n) is 5.51. The lowest BCUT2D eigenvalue weighted by Crippen LogP contribution is -2.23. The predicted octanol–water partition coefficient (Wildman–Crippen LogP) is 2.34. The van der Waals surface area contributed by atoms with E-state index in [1.807, 2.05) is 17.3 Å². The molecule has 0 unspecified atom stereocenters. The van der Waals surface area contributed by atoms with Gasteiger partial charge < -0.3 is 4.90 Å². The third kappa shape index (κ3) is 3.50. The van der Waals surface area contributed by atoms with Crippen LogP contribution in [0.2, 0.25) is 0 Å². The van der Waals surface area contributed by atoms with Crippen molar-refractivity contribution in [2.45, 2.75) is 13.0 Å². The van der Waals surface area contributed by atoms with Crippen LogP contribution in [-0.2, 0) is 13.0 Å². The summed E-state index contributed by atoms with van der Waals surface area (Å²) in [6.07, 6.45) is 2.27. The van der Waals surface area contributed by atoms with Crippen LogP contribution in [0.3, 0.4) is 0 Å². The number of likely N-dealkylation sites (N-methyl/N-ethyl adjacent to an activating group) is 1. The van der Waals surface area contributed by atoms with E-state index < -0.39 is 0 Å². The van der Waals surface area contributed by atoms with E-state index in [2.05, 4.69) is 4.98 Å². The highest BCUT2D eigenvalue weighted by Gasteiger charge is 2.13. The molecule has 3 rings (SSSR count). The van der Waals surface area contributed by atoms with Crippen LogP contribution >= 0.6 is 11.3 Å². The number of fused-ring (bicyclic) bond motifs is 1. The van der Waals surface area contributed by atoms with E-state index in [-0.39, 0.29) is 16.2 Å². The maximum atomic E-state index is 12.0. The highest BCUT2D eigenvalue weighted by atomic mass is 32.1. The molecule has 0 saturated heterocycles. The normalized spacial score (nSPS) is 11.2. The lowest BCUT2D eigenvalue weighted by molar-refractivity contribution is -0.385. The summed E-state index contributed by atoms with van der Waals surface area (Å²) in [5.41, 5.74) is 1.45. The van der Waals surface area contributed by atoms with Gasteiger partial charge in [0.15, 0.2) is 4.96 Å².